The van der Waals surface area contributed by atoms with Crippen molar-refractivity contribution in [1.29, 1.82) is 0 Å². The number of benzene rings is 2. The molecule has 2 aromatic rings. The van der Waals surface area contributed by atoms with Gasteiger partial charge in [0.05, 0.1) is 5.69 Å². The Morgan fingerprint density at radius 1 is 1.19 bits per heavy atom. The number of esters is 1. The standard InChI is InChI=1S/C20H21NO5S/c1-12-7-8-14(19(24)18(12)23)20(25)26-11-17(22)21-10-9-13(2)27-16-6-4-3-5-15(16)21/h3-8,13,23-24H,9-11H2,1-2H3. The number of hydrogen-bond acceptors (Lipinski definition) is 6. The maximum atomic E-state index is 12.7. The number of nitrogens with zero attached hydrogens (tertiary/aromatic N) is 1. The molecule has 1 aliphatic heterocycles. The number of ether oxygens (including phenoxy) is 1. The summed E-state index contributed by atoms with van der Waals surface area (Å²) in [7, 11) is 0. The average molecular weight is 387 g/mol. The molecule has 0 aliphatic carbocycles. The lowest BCUT2D eigenvalue weighted by atomic mass is 10.1. The Kier molecular flexibility index (Phi) is 5.60. The average Bonchev–Trinajstić information content (AvgIpc) is 2.82. The molecule has 6 nitrogen and oxygen atoms in total. The third-order valence-electron chi connectivity index (χ3n) is 4.44. The smallest absolute Gasteiger partial charge is 0.342 e. The zero-order valence-electron chi connectivity index (χ0n) is 15.1. The number of phenolic OH excluding ortho intramolecular Hbond substituents is 2. The molecule has 0 fully saturated rings. The number of phenols is 2. The molecule has 0 saturated carbocycles. The van der Waals surface area contributed by atoms with Gasteiger partial charge in [-0.05, 0) is 37.1 Å². The molecule has 0 bridgehead atoms. The van der Waals surface area contributed by atoms with Gasteiger partial charge < -0.3 is 19.8 Å². The Hall–Kier alpha value is -2.67. The molecule has 1 aliphatic rings. The lowest BCUT2D eigenvalue weighted by Crippen LogP contribution is -2.35. The second-order valence-corrected chi connectivity index (χ2v) is 7.91. The van der Waals surface area contributed by atoms with Crippen LogP contribution in [0.25, 0.3) is 0 Å². The maximum Gasteiger partial charge on any atom is 0.342 e. The lowest BCUT2D eigenvalue weighted by molar-refractivity contribution is -0.121. The van der Waals surface area contributed by atoms with E-state index in [1.54, 1.807) is 23.6 Å². The van der Waals surface area contributed by atoms with Crippen LogP contribution in [0.3, 0.4) is 0 Å². The number of thioether (sulfide) groups is 1. The summed E-state index contributed by atoms with van der Waals surface area (Å²) in [6, 6.07) is 10.5. The highest BCUT2D eigenvalue weighted by Crippen LogP contribution is 2.37. The second kappa shape index (κ2) is 7.92. The van der Waals surface area contributed by atoms with Crippen molar-refractivity contribution >= 4 is 29.3 Å². The number of amides is 1. The Labute approximate surface area is 161 Å². The number of carbonyl (C=O) groups excluding carboxylic acids is 2. The number of para-hydroxylation sites is 1. The quantitative estimate of drug-likeness (QED) is 0.619. The van der Waals surface area contributed by atoms with E-state index in [1.165, 1.54) is 12.1 Å². The second-order valence-electron chi connectivity index (χ2n) is 6.43. The highest BCUT2D eigenvalue weighted by molar-refractivity contribution is 8.00. The van der Waals surface area contributed by atoms with Crippen LogP contribution in [0.2, 0.25) is 0 Å². The molecule has 142 valence electrons. The SMILES string of the molecule is Cc1ccc(C(=O)OCC(=O)N2CCC(C)Sc3ccccc32)c(O)c1O. The summed E-state index contributed by atoms with van der Waals surface area (Å²) in [6.07, 6.45) is 0.825. The molecule has 0 saturated heterocycles. The van der Waals surface area contributed by atoms with E-state index in [4.69, 9.17) is 4.74 Å². The zero-order valence-corrected chi connectivity index (χ0v) is 16.0. The summed E-state index contributed by atoms with van der Waals surface area (Å²) in [4.78, 5) is 27.6. The monoisotopic (exact) mass is 387 g/mol. The van der Waals surface area contributed by atoms with Gasteiger partial charge in [-0.15, -0.1) is 11.8 Å². The van der Waals surface area contributed by atoms with Crippen LogP contribution in [0.5, 0.6) is 11.5 Å². The number of fused-ring (bicyclic) bond motifs is 1. The summed E-state index contributed by atoms with van der Waals surface area (Å²) in [6.45, 7) is 3.81. The Balaban J connectivity index is 1.73. The molecule has 1 unspecified atom stereocenters. The van der Waals surface area contributed by atoms with E-state index in [0.29, 0.717) is 17.4 Å². The van der Waals surface area contributed by atoms with Gasteiger partial charge in [0.15, 0.2) is 18.1 Å². The molecule has 2 N–H and O–H groups in total. The first-order chi connectivity index (χ1) is 12.9. The van der Waals surface area contributed by atoms with Crippen LogP contribution in [0.15, 0.2) is 41.3 Å². The van der Waals surface area contributed by atoms with Gasteiger partial charge in [0.25, 0.3) is 5.91 Å². The Bertz CT molecular complexity index is 883. The zero-order chi connectivity index (χ0) is 19.6. The minimum atomic E-state index is -0.859. The molecule has 0 spiro atoms. The minimum Gasteiger partial charge on any atom is -0.504 e. The van der Waals surface area contributed by atoms with Gasteiger partial charge >= 0.3 is 5.97 Å². The van der Waals surface area contributed by atoms with Crippen molar-refractivity contribution in [3.63, 3.8) is 0 Å². The third kappa shape index (κ3) is 4.03. The van der Waals surface area contributed by atoms with E-state index in [0.717, 1.165) is 17.0 Å². The van der Waals surface area contributed by atoms with Crippen molar-refractivity contribution in [2.24, 2.45) is 0 Å². The fraction of sp³-hybridized carbons (Fsp3) is 0.300. The van der Waals surface area contributed by atoms with Gasteiger partial charge in [-0.25, -0.2) is 4.79 Å². The molecular weight excluding hydrogens is 366 g/mol. The molecule has 1 atom stereocenters. The molecule has 1 amide bonds. The van der Waals surface area contributed by atoms with Crippen molar-refractivity contribution in [2.75, 3.05) is 18.1 Å². The molecule has 7 heteroatoms. The van der Waals surface area contributed by atoms with Crippen molar-refractivity contribution in [2.45, 2.75) is 30.4 Å². The number of anilines is 1. The fourth-order valence-corrected chi connectivity index (χ4v) is 3.99. The highest BCUT2D eigenvalue weighted by atomic mass is 32.2. The number of aryl methyl sites for hydroxylation is 1. The van der Waals surface area contributed by atoms with Crippen LogP contribution in [0, 0.1) is 6.92 Å². The van der Waals surface area contributed by atoms with Crippen molar-refractivity contribution in [1.82, 2.24) is 0 Å². The van der Waals surface area contributed by atoms with Crippen LogP contribution in [-0.4, -0.2) is 40.5 Å². The maximum absolute atomic E-state index is 12.7. The topological polar surface area (TPSA) is 87.1 Å². The van der Waals surface area contributed by atoms with Crippen molar-refractivity contribution < 1.29 is 24.5 Å². The summed E-state index contributed by atoms with van der Waals surface area (Å²) in [5.74, 6) is -2.11. The van der Waals surface area contributed by atoms with Crippen LogP contribution in [-0.2, 0) is 9.53 Å². The summed E-state index contributed by atoms with van der Waals surface area (Å²) < 4.78 is 5.09. The number of aromatic hydroxyl groups is 2. The summed E-state index contributed by atoms with van der Waals surface area (Å²) in [5.41, 5.74) is 1.07. The first kappa shape index (κ1) is 19.1. The van der Waals surface area contributed by atoms with Crippen LogP contribution < -0.4 is 4.90 Å². The molecule has 3 rings (SSSR count). The lowest BCUT2D eigenvalue weighted by Gasteiger charge is -2.22. The van der Waals surface area contributed by atoms with Crippen LogP contribution >= 0.6 is 11.8 Å². The van der Waals surface area contributed by atoms with E-state index >= 15 is 0 Å². The molecule has 1 heterocycles. The predicted octanol–water partition coefficient (Wildman–Crippen LogP) is 3.48. The first-order valence-corrected chi connectivity index (χ1v) is 9.51. The van der Waals surface area contributed by atoms with E-state index < -0.39 is 18.3 Å². The van der Waals surface area contributed by atoms with E-state index in [9.17, 15) is 19.8 Å². The summed E-state index contributed by atoms with van der Waals surface area (Å²) >= 11 is 1.72. The third-order valence-corrected chi connectivity index (χ3v) is 5.68. The highest BCUT2D eigenvalue weighted by Gasteiger charge is 2.25. The molecule has 2 aromatic carbocycles. The molecule has 0 aromatic heterocycles. The van der Waals surface area contributed by atoms with Crippen LogP contribution in [0.4, 0.5) is 5.69 Å². The first-order valence-electron chi connectivity index (χ1n) is 8.63. The fourth-order valence-electron chi connectivity index (χ4n) is 2.87. The molecular formula is C20H21NO5S. The molecule has 27 heavy (non-hydrogen) atoms. The van der Waals surface area contributed by atoms with Crippen molar-refractivity contribution in [3.05, 3.63) is 47.5 Å². The summed E-state index contributed by atoms with van der Waals surface area (Å²) in [5, 5.41) is 20.0. The molecule has 0 radical (unpaired) electrons. The predicted molar refractivity (Wildman–Crippen MR) is 104 cm³/mol. The van der Waals surface area contributed by atoms with E-state index in [-0.39, 0.29) is 17.2 Å². The normalized spacial score (nSPS) is 16.4. The Morgan fingerprint density at radius 2 is 1.93 bits per heavy atom. The van der Waals surface area contributed by atoms with Gasteiger partial charge in [0, 0.05) is 16.7 Å². The van der Waals surface area contributed by atoms with Crippen molar-refractivity contribution in [3.8, 4) is 11.5 Å². The van der Waals surface area contributed by atoms with E-state index in [2.05, 4.69) is 6.92 Å². The van der Waals surface area contributed by atoms with Gasteiger partial charge in [-0.2, -0.15) is 0 Å². The van der Waals surface area contributed by atoms with E-state index in [1.807, 2.05) is 24.3 Å². The van der Waals surface area contributed by atoms with Gasteiger partial charge in [0.2, 0.25) is 0 Å². The largest absolute Gasteiger partial charge is 0.504 e. The van der Waals surface area contributed by atoms with Crippen LogP contribution in [0.1, 0.15) is 29.3 Å². The van der Waals surface area contributed by atoms with Gasteiger partial charge in [0.1, 0.15) is 5.56 Å². The minimum absolute atomic E-state index is 0.175. The van der Waals surface area contributed by atoms with Gasteiger partial charge in [-0.3, -0.25) is 4.79 Å². The number of hydrogen-bond donors (Lipinski definition) is 2. The van der Waals surface area contributed by atoms with Gasteiger partial charge in [-0.1, -0.05) is 25.1 Å². The number of carbonyl (C=O) groups is 2. The number of rotatable bonds is 3. The Morgan fingerprint density at radius 3 is 2.70 bits per heavy atom.